The van der Waals surface area contributed by atoms with Gasteiger partial charge in [-0.15, -0.1) is 0 Å². The van der Waals surface area contributed by atoms with Gasteiger partial charge in [-0.3, -0.25) is 4.79 Å². The maximum absolute atomic E-state index is 11.7. The fourth-order valence-corrected chi connectivity index (χ4v) is 3.24. The second kappa shape index (κ2) is 6.42. The highest BCUT2D eigenvalue weighted by atomic mass is 16.5. The summed E-state index contributed by atoms with van der Waals surface area (Å²) in [6, 6.07) is 6.22. The Balaban J connectivity index is 1.79. The maximum atomic E-state index is 11.7. The van der Waals surface area contributed by atoms with Gasteiger partial charge < -0.3 is 19.2 Å². The van der Waals surface area contributed by atoms with Crippen LogP contribution >= 0.6 is 0 Å². The van der Waals surface area contributed by atoms with Gasteiger partial charge in [0.15, 0.2) is 0 Å². The Bertz CT molecular complexity index is 774. The molecule has 0 unspecified atom stereocenters. The zero-order valence-corrected chi connectivity index (χ0v) is 13.0. The number of hydrogen-bond donors (Lipinski definition) is 2. The number of aromatic hydroxyl groups is 1. The molecule has 0 saturated carbocycles. The van der Waals surface area contributed by atoms with Crippen molar-refractivity contribution in [3.63, 3.8) is 0 Å². The van der Waals surface area contributed by atoms with Crippen LogP contribution in [0.2, 0.25) is 0 Å². The lowest BCUT2D eigenvalue weighted by molar-refractivity contribution is -0.919. The molecule has 0 atom stereocenters. The summed E-state index contributed by atoms with van der Waals surface area (Å²) in [4.78, 5) is 24.6. The highest BCUT2D eigenvalue weighted by Crippen LogP contribution is 2.22. The third-order valence-electron chi connectivity index (χ3n) is 4.48. The molecule has 1 aliphatic rings. The van der Waals surface area contributed by atoms with Crippen molar-refractivity contribution in [2.45, 2.75) is 19.4 Å². The molecule has 1 aromatic carbocycles. The van der Waals surface area contributed by atoms with Crippen molar-refractivity contribution in [2.75, 3.05) is 20.2 Å². The van der Waals surface area contributed by atoms with E-state index < -0.39 is 0 Å². The Kier molecular flexibility index (Phi) is 4.34. The smallest absolute Gasteiger partial charge is 0.336 e. The molecule has 0 radical (unpaired) electrons. The number of fused-ring (bicyclic) bond motifs is 1. The molecule has 3 rings (SSSR count). The number of rotatable bonds is 3. The molecule has 0 spiro atoms. The molecule has 2 N–H and O–H groups in total. The SMILES string of the molecule is COC(=O)C1CC[NH+](Cc2cc(=O)oc3ccc(O)cc23)CC1. The van der Waals surface area contributed by atoms with Gasteiger partial charge in [0.2, 0.25) is 0 Å². The average molecular weight is 318 g/mol. The summed E-state index contributed by atoms with van der Waals surface area (Å²) in [5.41, 5.74) is 0.954. The maximum Gasteiger partial charge on any atom is 0.336 e. The predicted molar refractivity (Wildman–Crippen MR) is 83.3 cm³/mol. The average Bonchev–Trinajstić information content (AvgIpc) is 2.55. The second-order valence-electron chi connectivity index (χ2n) is 6.00. The fraction of sp³-hybridized carbons (Fsp3) is 0.412. The number of piperidine rings is 1. The summed E-state index contributed by atoms with van der Waals surface area (Å²) in [6.45, 7) is 2.36. The number of carbonyl (C=O) groups is 1. The van der Waals surface area contributed by atoms with E-state index in [0.29, 0.717) is 12.1 Å². The fourth-order valence-electron chi connectivity index (χ4n) is 3.24. The Morgan fingerprint density at radius 2 is 2.09 bits per heavy atom. The zero-order valence-electron chi connectivity index (χ0n) is 13.0. The van der Waals surface area contributed by atoms with E-state index in [0.717, 1.165) is 36.9 Å². The summed E-state index contributed by atoms with van der Waals surface area (Å²) in [5, 5.41) is 10.4. The van der Waals surface area contributed by atoms with Crippen molar-refractivity contribution in [1.29, 1.82) is 0 Å². The van der Waals surface area contributed by atoms with Crippen molar-refractivity contribution in [3.8, 4) is 5.75 Å². The molecule has 122 valence electrons. The number of hydrogen-bond acceptors (Lipinski definition) is 5. The van der Waals surface area contributed by atoms with Crippen molar-refractivity contribution >= 4 is 16.9 Å². The van der Waals surface area contributed by atoms with Crippen molar-refractivity contribution in [2.24, 2.45) is 5.92 Å². The molecule has 6 nitrogen and oxygen atoms in total. The number of phenols is 1. The molecule has 2 heterocycles. The molecule has 1 fully saturated rings. The van der Waals surface area contributed by atoms with Gasteiger partial charge in [0.1, 0.15) is 17.9 Å². The Morgan fingerprint density at radius 3 is 2.78 bits per heavy atom. The minimum atomic E-state index is -0.387. The number of nitrogens with one attached hydrogen (secondary N) is 1. The van der Waals surface area contributed by atoms with E-state index >= 15 is 0 Å². The van der Waals surface area contributed by atoms with Gasteiger partial charge in [0, 0.05) is 29.9 Å². The van der Waals surface area contributed by atoms with Crippen LogP contribution in [0.5, 0.6) is 5.75 Å². The lowest BCUT2D eigenvalue weighted by Crippen LogP contribution is -3.11. The number of esters is 1. The topological polar surface area (TPSA) is 81.2 Å². The van der Waals surface area contributed by atoms with Crippen LogP contribution < -0.4 is 10.5 Å². The molecule has 1 aliphatic heterocycles. The summed E-state index contributed by atoms with van der Waals surface area (Å²) < 4.78 is 9.97. The molecule has 23 heavy (non-hydrogen) atoms. The lowest BCUT2D eigenvalue weighted by atomic mass is 9.96. The van der Waals surface area contributed by atoms with Gasteiger partial charge in [-0.2, -0.15) is 0 Å². The Morgan fingerprint density at radius 1 is 1.35 bits per heavy atom. The molecule has 0 aliphatic carbocycles. The summed E-state index contributed by atoms with van der Waals surface area (Å²) >= 11 is 0. The van der Waals surface area contributed by atoms with E-state index in [4.69, 9.17) is 9.15 Å². The van der Waals surface area contributed by atoms with E-state index in [9.17, 15) is 14.7 Å². The van der Waals surface area contributed by atoms with E-state index in [-0.39, 0.29) is 23.3 Å². The number of likely N-dealkylation sites (tertiary alicyclic amines) is 1. The largest absolute Gasteiger partial charge is 0.508 e. The van der Waals surface area contributed by atoms with Crippen LogP contribution in [0.15, 0.2) is 33.5 Å². The molecule has 0 bridgehead atoms. The highest BCUT2D eigenvalue weighted by molar-refractivity contribution is 5.81. The van der Waals surface area contributed by atoms with Crippen LogP contribution in [-0.4, -0.2) is 31.3 Å². The number of ether oxygens (including phenoxy) is 1. The first-order valence-corrected chi connectivity index (χ1v) is 7.74. The molecule has 0 amide bonds. The molecular formula is C17H20NO5+. The minimum absolute atomic E-state index is 0.0228. The van der Waals surface area contributed by atoms with Gasteiger partial charge in [0.05, 0.1) is 26.1 Å². The van der Waals surface area contributed by atoms with Crippen LogP contribution in [0, 0.1) is 5.92 Å². The van der Waals surface area contributed by atoms with Crippen LogP contribution in [0.25, 0.3) is 11.0 Å². The van der Waals surface area contributed by atoms with Crippen molar-refractivity contribution < 1.29 is 24.0 Å². The van der Waals surface area contributed by atoms with Gasteiger partial charge >= 0.3 is 11.6 Å². The Labute approximate surface area is 133 Å². The van der Waals surface area contributed by atoms with Gasteiger partial charge in [-0.25, -0.2) is 4.79 Å². The minimum Gasteiger partial charge on any atom is -0.508 e. The standard InChI is InChI=1S/C17H19NO5/c1-22-17(21)11-4-6-18(7-5-11)10-12-8-16(20)23-15-3-2-13(19)9-14(12)15/h2-3,8-9,11,19H,4-7,10H2,1H3/p+1. The number of carbonyl (C=O) groups excluding carboxylic acids is 1. The molecule has 1 saturated heterocycles. The van der Waals surface area contributed by atoms with E-state index in [2.05, 4.69) is 0 Å². The van der Waals surface area contributed by atoms with Crippen molar-refractivity contribution in [3.05, 3.63) is 40.2 Å². The van der Waals surface area contributed by atoms with Crippen LogP contribution in [-0.2, 0) is 16.1 Å². The number of phenolic OH excluding ortho intramolecular Hbond substituents is 1. The van der Waals surface area contributed by atoms with Crippen molar-refractivity contribution in [1.82, 2.24) is 0 Å². The third kappa shape index (κ3) is 3.37. The monoisotopic (exact) mass is 318 g/mol. The summed E-state index contributed by atoms with van der Waals surface area (Å²) in [5.74, 6) is -0.0165. The highest BCUT2D eigenvalue weighted by Gasteiger charge is 2.28. The molecule has 2 aromatic rings. The van der Waals surface area contributed by atoms with E-state index in [1.54, 1.807) is 12.1 Å². The number of benzene rings is 1. The normalized spacial score (nSPS) is 21.3. The second-order valence-corrected chi connectivity index (χ2v) is 6.00. The van der Waals surface area contributed by atoms with Crippen LogP contribution in [0.1, 0.15) is 18.4 Å². The number of methoxy groups -OCH3 is 1. The predicted octanol–water partition coefficient (Wildman–Crippen LogP) is 0.467. The Hall–Kier alpha value is -2.34. The molecule has 1 aromatic heterocycles. The lowest BCUT2D eigenvalue weighted by Gasteiger charge is -2.28. The molecule has 6 heteroatoms. The van der Waals surface area contributed by atoms with Gasteiger partial charge in [-0.1, -0.05) is 0 Å². The summed E-state index contributed by atoms with van der Waals surface area (Å²) in [6.07, 6.45) is 1.57. The first-order chi connectivity index (χ1) is 11.1. The number of quaternary nitrogens is 1. The zero-order chi connectivity index (χ0) is 16.4. The van der Waals surface area contributed by atoms with Gasteiger partial charge in [0.25, 0.3) is 0 Å². The quantitative estimate of drug-likeness (QED) is 0.635. The third-order valence-corrected chi connectivity index (χ3v) is 4.48. The van der Waals surface area contributed by atoms with E-state index in [1.165, 1.54) is 24.1 Å². The summed E-state index contributed by atoms with van der Waals surface area (Å²) in [7, 11) is 1.42. The van der Waals surface area contributed by atoms with Crippen LogP contribution in [0.3, 0.4) is 0 Å². The van der Waals surface area contributed by atoms with Crippen LogP contribution in [0.4, 0.5) is 0 Å². The van der Waals surface area contributed by atoms with E-state index in [1.807, 2.05) is 0 Å². The molecular weight excluding hydrogens is 298 g/mol. The first-order valence-electron chi connectivity index (χ1n) is 7.74. The van der Waals surface area contributed by atoms with Gasteiger partial charge in [-0.05, 0) is 18.2 Å². The first kappa shape index (κ1) is 15.6.